The number of hydrogen-bond donors (Lipinski definition) is 4. The van der Waals surface area contributed by atoms with Gasteiger partial charge in [-0.15, -0.1) is 8.67 Å². The van der Waals surface area contributed by atoms with Gasteiger partial charge in [-0.05, 0) is 0 Å². The van der Waals surface area contributed by atoms with E-state index >= 15 is 0 Å². The fraction of sp³-hybridized carbons (Fsp3) is 0. The summed E-state index contributed by atoms with van der Waals surface area (Å²) in [5.74, 6) is 0. The molecule has 0 fully saturated rings. The molecule has 0 saturated heterocycles. The largest absolute Gasteiger partial charge is 1.00 e. The van der Waals surface area contributed by atoms with Crippen molar-refractivity contribution >= 4 is 32.2 Å². The second-order valence-corrected chi connectivity index (χ2v) is 3.55. The zero-order valence-electron chi connectivity index (χ0n) is 9.21. The standard InChI is InChI=1S/2H3N.2Na.H2O8S2.H2O3S/c;;;;1-9(2,3)7-8-10(4,5)6;1-4(2)3/h2*1H3;;;(H,1,2,3)(H,4,5,6);(H2,1,2,3)/q;;2*+1;;/p-2. The molecule has 0 unspecified atom stereocenters. The molecule has 0 bridgehead atoms. The predicted octanol–water partition coefficient (Wildman–Crippen LogP) is -8.13. The van der Waals surface area contributed by atoms with E-state index in [1.165, 1.54) is 0 Å². The Hall–Kier alpha value is 1.73. The fourth-order valence-electron chi connectivity index (χ4n) is 0.0680. The topological polar surface area (TPSA) is 260 Å². The molecule has 0 saturated carbocycles. The summed E-state index contributed by atoms with van der Waals surface area (Å²) in [5, 5.41) is 0. The Labute approximate surface area is 150 Å². The van der Waals surface area contributed by atoms with Gasteiger partial charge in [-0.1, -0.05) is 0 Å². The van der Waals surface area contributed by atoms with Crippen LogP contribution in [0.1, 0.15) is 0 Å². The van der Waals surface area contributed by atoms with Crippen LogP contribution in [-0.2, 0) is 40.8 Å². The Bertz CT molecular complexity index is 335. The molecule has 0 amide bonds. The van der Waals surface area contributed by atoms with E-state index in [0.29, 0.717) is 0 Å². The Kier molecular flexibility index (Phi) is 34.2. The van der Waals surface area contributed by atoms with Crippen LogP contribution in [0.4, 0.5) is 0 Å². The van der Waals surface area contributed by atoms with Gasteiger partial charge < -0.3 is 21.4 Å². The van der Waals surface area contributed by atoms with Crippen molar-refractivity contribution in [3.63, 3.8) is 0 Å². The van der Waals surface area contributed by atoms with E-state index in [2.05, 4.69) is 8.67 Å². The maximum absolute atomic E-state index is 9.37. The summed E-state index contributed by atoms with van der Waals surface area (Å²) in [5.41, 5.74) is 0. The number of hydrogen-bond acceptors (Lipinski definition) is 11. The summed E-state index contributed by atoms with van der Waals surface area (Å²) in [7, 11) is -10.6. The fourth-order valence-corrected chi connectivity index (χ4v) is 0.612. The van der Waals surface area contributed by atoms with Crippen molar-refractivity contribution in [3.05, 3.63) is 0 Å². The van der Waals surface area contributed by atoms with Crippen LogP contribution in [0.5, 0.6) is 0 Å². The summed E-state index contributed by atoms with van der Waals surface area (Å²) in [6.07, 6.45) is 0. The molecule has 13 nitrogen and oxygen atoms in total. The molecule has 0 rings (SSSR count). The monoisotopic (exact) mass is 354 g/mol. The molecule has 0 radical (unpaired) electrons. The molecule has 0 aromatic heterocycles. The maximum Gasteiger partial charge on any atom is 1.00 e. The summed E-state index contributed by atoms with van der Waals surface area (Å²) in [6.45, 7) is 0. The van der Waals surface area contributed by atoms with Crippen LogP contribution in [0.15, 0.2) is 0 Å². The van der Waals surface area contributed by atoms with Crippen molar-refractivity contribution in [2.75, 3.05) is 0 Å². The van der Waals surface area contributed by atoms with Gasteiger partial charge in [0.15, 0.2) is 0 Å². The van der Waals surface area contributed by atoms with Gasteiger partial charge in [-0.3, -0.25) is 9.11 Å². The van der Waals surface area contributed by atoms with E-state index in [1.807, 2.05) is 0 Å². The Morgan fingerprint density at radius 3 is 1.00 bits per heavy atom. The van der Waals surface area contributed by atoms with Crippen molar-refractivity contribution in [2.24, 2.45) is 0 Å². The minimum atomic E-state index is -5.31. The van der Waals surface area contributed by atoms with Gasteiger partial charge >= 0.3 is 59.1 Å². The maximum atomic E-state index is 9.37. The molecular weight excluding hydrogens is 346 g/mol. The zero-order chi connectivity index (χ0) is 12.0. The van der Waals surface area contributed by atoms with Gasteiger partial charge in [-0.25, -0.2) is 16.8 Å². The molecule has 0 heterocycles. The van der Waals surface area contributed by atoms with Gasteiger partial charge in [0, 0.05) is 0 Å². The molecule has 0 aromatic rings. The first kappa shape index (κ1) is 36.7. The molecule has 0 aliphatic carbocycles. The molecule has 8 N–H and O–H groups in total. The van der Waals surface area contributed by atoms with Gasteiger partial charge in [0.1, 0.15) is 0 Å². The van der Waals surface area contributed by atoms with E-state index in [9.17, 15) is 25.9 Å². The quantitative estimate of drug-likeness (QED) is 0.0916. The van der Waals surface area contributed by atoms with Crippen LogP contribution < -0.4 is 71.4 Å². The average Bonchev–Trinajstić information content (AvgIpc) is 1.79. The Morgan fingerprint density at radius 2 is 0.944 bits per heavy atom. The predicted molar refractivity (Wildman–Crippen MR) is 45.0 cm³/mol. The first-order chi connectivity index (χ1) is 5.94. The van der Waals surface area contributed by atoms with Crippen LogP contribution in [0.3, 0.4) is 0 Å². The zero-order valence-corrected chi connectivity index (χ0v) is 15.7. The molecule has 18 heteroatoms. The van der Waals surface area contributed by atoms with E-state index in [0.717, 1.165) is 0 Å². The summed E-state index contributed by atoms with van der Waals surface area (Å²) in [6, 6.07) is 0. The average molecular weight is 354 g/mol. The van der Waals surface area contributed by atoms with Crippen LogP contribution in [0.25, 0.3) is 0 Å². The van der Waals surface area contributed by atoms with Crippen molar-refractivity contribution in [3.8, 4) is 0 Å². The van der Waals surface area contributed by atoms with Crippen LogP contribution in [0, 0.1) is 0 Å². The Balaban J connectivity index is -0.0000000402. The van der Waals surface area contributed by atoms with Crippen LogP contribution in [0.2, 0.25) is 0 Å². The van der Waals surface area contributed by atoms with Crippen molar-refractivity contribution in [1.29, 1.82) is 0 Å². The third-order valence-electron chi connectivity index (χ3n) is 0.194. The van der Waals surface area contributed by atoms with E-state index < -0.39 is 32.2 Å². The van der Waals surface area contributed by atoms with Crippen molar-refractivity contribution in [2.45, 2.75) is 0 Å². The van der Waals surface area contributed by atoms with Gasteiger partial charge in [-0.2, -0.15) is 4.21 Å². The molecule has 0 atom stereocenters. The van der Waals surface area contributed by atoms with E-state index in [-0.39, 0.29) is 71.4 Å². The van der Waals surface area contributed by atoms with Gasteiger partial charge in [0.05, 0.1) is 0 Å². The molecule has 0 aromatic carbocycles. The second-order valence-electron chi connectivity index (χ2n) is 1.18. The Morgan fingerprint density at radius 1 is 0.833 bits per heavy atom. The van der Waals surface area contributed by atoms with Crippen molar-refractivity contribution < 1.29 is 107 Å². The third-order valence-corrected chi connectivity index (χ3v) is 0.750. The van der Waals surface area contributed by atoms with Crippen LogP contribution in [-0.4, -0.2) is 39.3 Å². The number of rotatable bonds is 3. The SMILES string of the molecule is N.N.O=S(=O)([O-])OOS(=O)(=O)[O-].O=S(O)O.[Na+].[Na+]. The first-order valence-corrected chi connectivity index (χ1v) is 5.76. The van der Waals surface area contributed by atoms with Gasteiger partial charge in [0.2, 0.25) is 20.8 Å². The molecule has 0 spiro atoms. The molecule has 0 aliphatic heterocycles. The van der Waals surface area contributed by atoms with Crippen molar-refractivity contribution in [1.82, 2.24) is 12.3 Å². The summed E-state index contributed by atoms with van der Waals surface area (Å²) >= 11 is -2.61. The second kappa shape index (κ2) is 16.8. The summed E-state index contributed by atoms with van der Waals surface area (Å²) < 4.78 is 84.3. The molecule has 104 valence electrons. The van der Waals surface area contributed by atoms with E-state index in [4.69, 9.17) is 13.3 Å². The summed E-state index contributed by atoms with van der Waals surface area (Å²) in [4.78, 5) is 0. The molecular formula is H8N2Na2O11S3. The van der Waals surface area contributed by atoms with E-state index in [1.54, 1.807) is 0 Å². The minimum absolute atomic E-state index is 0. The normalized spacial score (nSPS) is 9.39. The van der Waals surface area contributed by atoms with Gasteiger partial charge in [0.25, 0.3) is 11.4 Å². The molecule has 18 heavy (non-hydrogen) atoms. The third kappa shape index (κ3) is 65.1. The first-order valence-electron chi connectivity index (χ1n) is 2.03. The minimum Gasteiger partial charge on any atom is -0.724 e. The molecule has 0 aliphatic rings. The van der Waals surface area contributed by atoms with Crippen LogP contribution >= 0.6 is 0 Å². The smallest absolute Gasteiger partial charge is 0.724 e.